The van der Waals surface area contributed by atoms with Crippen LogP contribution in [0.2, 0.25) is 0 Å². The quantitative estimate of drug-likeness (QED) is 0.606. The van der Waals surface area contributed by atoms with Gasteiger partial charge in [-0.05, 0) is 47.1 Å². The summed E-state index contributed by atoms with van der Waals surface area (Å²) in [5.41, 5.74) is 0.597. The Kier molecular flexibility index (Phi) is 7.06. The standard InChI is InChI=1S/C21H22BrNO5/c1-2-27-19-9-5-6-16(17(19)12-24)21(25)23-10-11-26-13-15(23)14-28-20-8-4-3-7-18(20)22/h3-9,12,15H,2,10-11,13-14H2,1H3. The Bertz CT molecular complexity index is 841. The van der Waals surface area contributed by atoms with Gasteiger partial charge in [0.2, 0.25) is 0 Å². The Morgan fingerprint density at radius 2 is 2.00 bits per heavy atom. The van der Waals surface area contributed by atoms with Crippen LogP contribution in [0.15, 0.2) is 46.9 Å². The molecule has 2 aromatic rings. The van der Waals surface area contributed by atoms with Crippen molar-refractivity contribution in [3.63, 3.8) is 0 Å². The summed E-state index contributed by atoms with van der Waals surface area (Å²) < 4.78 is 17.8. The van der Waals surface area contributed by atoms with Crippen LogP contribution in [0.25, 0.3) is 0 Å². The summed E-state index contributed by atoms with van der Waals surface area (Å²) in [6.07, 6.45) is 0.672. The molecule has 148 valence electrons. The summed E-state index contributed by atoms with van der Waals surface area (Å²) in [6, 6.07) is 12.3. The lowest BCUT2D eigenvalue weighted by Gasteiger charge is -2.35. The molecule has 1 aliphatic rings. The second-order valence-electron chi connectivity index (χ2n) is 6.24. The fraction of sp³-hybridized carbons (Fsp3) is 0.333. The van der Waals surface area contributed by atoms with E-state index in [1.807, 2.05) is 31.2 Å². The van der Waals surface area contributed by atoms with Crippen LogP contribution in [-0.4, -0.2) is 56.1 Å². The molecule has 0 aromatic heterocycles. The second kappa shape index (κ2) is 9.71. The maximum atomic E-state index is 13.2. The molecule has 1 saturated heterocycles. The number of aldehydes is 1. The van der Waals surface area contributed by atoms with E-state index in [0.29, 0.717) is 49.7 Å². The van der Waals surface area contributed by atoms with Crippen molar-refractivity contribution in [2.24, 2.45) is 0 Å². The van der Waals surface area contributed by atoms with Gasteiger partial charge < -0.3 is 19.1 Å². The van der Waals surface area contributed by atoms with Crippen molar-refractivity contribution in [1.29, 1.82) is 0 Å². The van der Waals surface area contributed by atoms with Crippen LogP contribution in [0, 0.1) is 0 Å². The number of morpholine rings is 1. The van der Waals surface area contributed by atoms with Crippen molar-refractivity contribution in [2.75, 3.05) is 33.0 Å². The summed E-state index contributed by atoms with van der Waals surface area (Å²) in [6.45, 7) is 3.78. The molecule has 1 fully saturated rings. The van der Waals surface area contributed by atoms with E-state index in [-0.39, 0.29) is 24.1 Å². The van der Waals surface area contributed by atoms with Crippen LogP contribution >= 0.6 is 15.9 Å². The first-order valence-corrected chi connectivity index (χ1v) is 9.92. The molecule has 1 amide bonds. The van der Waals surface area contributed by atoms with Crippen molar-refractivity contribution in [2.45, 2.75) is 13.0 Å². The first-order valence-electron chi connectivity index (χ1n) is 9.12. The molecule has 6 nitrogen and oxygen atoms in total. The average Bonchev–Trinajstić information content (AvgIpc) is 2.73. The van der Waals surface area contributed by atoms with Gasteiger partial charge in [0.05, 0.1) is 41.5 Å². The van der Waals surface area contributed by atoms with Gasteiger partial charge in [0.25, 0.3) is 5.91 Å². The van der Waals surface area contributed by atoms with Gasteiger partial charge in [-0.2, -0.15) is 0 Å². The second-order valence-corrected chi connectivity index (χ2v) is 7.09. The Labute approximate surface area is 172 Å². The van der Waals surface area contributed by atoms with E-state index in [1.54, 1.807) is 23.1 Å². The van der Waals surface area contributed by atoms with Crippen molar-refractivity contribution >= 4 is 28.1 Å². The molecular weight excluding hydrogens is 426 g/mol. The summed E-state index contributed by atoms with van der Waals surface area (Å²) >= 11 is 3.45. The van der Waals surface area contributed by atoms with Crippen LogP contribution in [0.3, 0.4) is 0 Å². The van der Waals surface area contributed by atoms with Gasteiger partial charge in [0, 0.05) is 6.54 Å². The Morgan fingerprint density at radius 1 is 1.21 bits per heavy atom. The number of amides is 1. The van der Waals surface area contributed by atoms with Crippen molar-refractivity contribution in [3.05, 3.63) is 58.1 Å². The van der Waals surface area contributed by atoms with Crippen molar-refractivity contribution < 1.29 is 23.8 Å². The molecule has 0 aliphatic carbocycles. The van der Waals surface area contributed by atoms with Crippen LogP contribution in [-0.2, 0) is 4.74 Å². The third-order valence-electron chi connectivity index (χ3n) is 4.47. The topological polar surface area (TPSA) is 65.1 Å². The smallest absolute Gasteiger partial charge is 0.255 e. The number of carbonyl (C=O) groups is 2. The van der Waals surface area contributed by atoms with E-state index >= 15 is 0 Å². The van der Waals surface area contributed by atoms with Gasteiger partial charge in [0.15, 0.2) is 6.29 Å². The number of nitrogens with zero attached hydrogens (tertiary/aromatic N) is 1. The number of ether oxygens (including phenoxy) is 3. The van der Waals surface area contributed by atoms with E-state index in [2.05, 4.69) is 15.9 Å². The Morgan fingerprint density at radius 3 is 2.75 bits per heavy atom. The van der Waals surface area contributed by atoms with Crippen LogP contribution in [0.4, 0.5) is 0 Å². The fourth-order valence-corrected chi connectivity index (χ4v) is 3.50. The number of hydrogen-bond donors (Lipinski definition) is 0. The highest BCUT2D eigenvalue weighted by molar-refractivity contribution is 9.10. The zero-order chi connectivity index (χ0) is 19.9. The molecule has 1 atom stereocenters. The molecular formula is C21H22BrNO5. The molecule has 3 rings (SSSR count). The minimum absolute atomic E-state index is 0.229. The molecule has 7 heteroatoms. The Hall–Kier alpha value is -2.38. The molecule has 0 radical (unpaired) electrons. The van der Waals surface area contributed by atoms with Gasteiger partial charge in [-0.3, -0.25) is 9.59 Å². The Balaban J connectivity index is 1.80. The van der Waals surface area contributed by atoms with Crippen LogP contribution < -0.4 is 9.47 Å². The van der Waals surface area contributed by atoms with Crippen LogP contribution in [0.1, 0.15) is 27.6 Å². The first-order chi connectivity index (χ1) is 13.7. The largest absolute Gasteiger partial charge is 0.493 e. The molecule has 0 N–H and O–H groups in total. The van der Waals surface area contributed by atoms with E-state index in [0.717, 1.165) is 4.47 Å². The molecule has 1 heterocycles. The molecule has 0 bridgehead atoms. The number of carbonyl (C=O) groups excluding carboxylic acids is 2. The van der Waals surface area contributed by atoms with Gasteiger partial charge >= 0.3 is 0 Å². The summed E-state index contributed by atoms with van der Waals surface area (Å²) in [5.74, 6) is 0.887. The van der Waals surface area contributed by atoms with Crippen molar-refractivity contribution in [1.82, 2.24) is 4.90 Å². The predicted octanol–water partition coefficient (Wildman–Crippen LogP) is 3.58. The number of hydrogen-bond acceptors (Lipinski definition) is 5. The highest BCUT2D eigenvalue weighted by Crippen LogP contribution is 2.26. The fourth-order valence-electron chi connectivity index (χ4n) is 3.10. The number of para-hydroxylation sites is 1. The van der Waals surface area contributed by atoms with Crippen LogP contribution in [0.5, 0.6) is 11.5 Å². The molecule has 1 unspecified atom stereocenters. The zero-order valence-electron chi connectivity index (χ0n) is 15.6. The van der Waals surface area contributed by atoms with Gasteiger partial charge in [0.1, 0.15) is 18.1 Å². The lowest BCUT2D eigenvalue weighted by molar-refractivity contribution is -0.0151. The predicted molar refractivity (Wildman–Crippen MR) is 108 cm³/mol. The minimum atomic E-state index is -0.261. The maximum Gasteiger partial charge on any atom is 0.255 e. The number of halogens is 1. The SMILES string of the molecule is CCOc1cccc(C(=O)N2CCOCC2COc2ccccc2Br)c1C=O. The van der Waals surface area contributed by atoms with Gasteiger partial charge in [-0.25, -0.2) is 0 Å². The maximum absolute atomic E-state index is 13.2. The van der Waals surface area contributed by atoms with Gasteiger partial charge in [-0.15, -0.1) is 0 Å². The summed E-state index contributed by atoms with van der Waals surface area (Å²) in [4.78, 5) is 26.6. The van der Waals surface area contributed by atoms with E-state index in [9.17, 15) is 9.59 Å². The molecule has 1 aliphatic heterocycles. The molecule has 28 heavy (non-hydrogen) atoms. The summed E-state index contributed by atoms with van der Waals surface area (Å²) in [5, 5.41) is 0. The zero-order valence-corrected chi connectivity index (χ0v) is 17.2. The number of rotatable bonds is 7. The monoisotopic (exact) mass is 447 g/mol. The average molecular weight is 448 g/mol. The lowest BCUT2D eigenvalue weighted by atomic mass is 10.0. The normalized spacial score (nSPS) is 16.5. The summed E-state index contributed by atoms with van der Waals surface area (Å²) in [7, 11) is 0. The van der Waals surface area contributed by atoms with Gasteiger partial charge in [-0.1, -0.05) is 18.2 Å². The first kappa shape index (κ1) is 20.4. The highest BCUT2D eigenvalue weighted by atomic mass is 79.9. The third-order valence-corrected chi connectivity index (χ3v) is 5.13. The van der Waals surface area contributed by atoms with E-state index < -0.39 is 0 Å². The molecule has 2 aromatic carbocycles. The van der Waals surface area contributed by atoms with Crippen molar-refractivity contribution in [3.8, 4) is 11.5 Å². The lowest BCUT2D eigenvalue weighted by Crippen LogP contribution is -2.51. The molecule has 0 saturated carbocycles. The van der Waals surface area contributed by atoms with E-state index in [1.165, 1.54) is 0 Å². The number of benzene rings is 2. The third kappa shape index (κ3) is 4.54. The highest BCUT2D eigenvalue weighted by Gasteiger charge is 2.30. The minimum Gasteiger partial charge on any atom is -0.493 e. The van der Waals surface area contributed by atoms with E-state index in [4.69, 9.17) is 14.2 Å². The molecule has 0 spiro atoms.